The van der Waals surface area contributed by atoms with Gasteiger partial charge >= 0.3 is 0 Å². The summed E-state index contributed by atoms with van der Waals surface area (Å²) in [5.74, 6) is 1.98. The van der Waals surface area contributed by atoms with Crippen LogP contribution in [0.1, 0.15) is 12.8 Å². The second kappa shape index (κ2) is 8.61. The fourth-order valence-electron chi connectivity index (χ4n) is 3.69. The normalized spacial score (nSPS) is 15.8. The van der Waals surface area contributed by atoms with Crippen molar-refractivity contribution in [1.82, 2.24) is 19.7 Å². The van der Waals surface area contributed by atoms with Crippen LogP contribution in [-0.4, -0.2) is 46.1 Å². The highest BCUT2D eigenvalue weighted by Crippen LogP contribution is 2.28. The number of fused-ring (bicyclic) bond motifs is 1. The van der Waals surface area contributed by atoms with Crippen molar-refractivity contribution in [2.45, 2.75) is 18.9 Å². The van der Waals surface area contributed by atoms with E-state index in [0.29, 0.717) is 18.3 Å². The van der Waals surface area contributed by atoms with Gasteiger partial charge in [-0.1, -0.05) is 24.3 Å². The maximum atomic E-state index is 5.73. The third kappa shape index (κ3) is 4.15. The Bertz CT molecular complexity index is 1170. The monoisotopic (exact) mass is 416 g/mol. The van der Waals surface area contributed by atoms with Crippen molar-refractivity contribution in [3.8, 4) is 11.4 Å². The van der Waals surface area contributed by atoms with Gasteiger partial charge in [-0.15, -0.1) is 0 Å². The third-order valence-electron chi connectivity index (χ3n) is 5.27. The predicted octanol–water partition coefficient (Wildman–Crippen LogP) is 4.16. The summed E-state index contributed by atoms with van der Waals surface area (Å²) in [6.07, 6.45) is 4.12. The molecule has 0 amide bonds. The van der Waals surface area contributed by atoms with E-state index in [9.17, 15) is 0 Å². The lowest BCUT2D eigenvalue weighted by Gasteiger charge is -2.13. The van der Waals surface area contributed by atoms with Crippen molar-refractivity contribution in [1.29, 1.82) is 0 Å². The Morgan fingerprint density at radius 1 is 1.13 bits per heavy atom. The van der Waals surface area contributed by atoms with Gasteiger partial charge in [-0.3, -0.25) is 0 Å². The zero-order chi connectivity index (χ0) is 21.0. The van der Waals surface area contributed by atoms with Crippen LogP contribution in [-0.2, 0) is 4.74 Å². The molecule has 2 N–H and O–H groups in total. The van der Waals surface area contributed by atoms with Crippen LogP contribution in [0.15, 0.2) is 60.8 Å². The molecule has 31 heavy (non-hydrogen) atoms. The molecule has 5 rings (SSSR count). The first-order chi connectivity index (χ1) is 15.3. The summed E-state index contributed by atoms with van der Waals surface area (Å²) in [7, 11) is 1.65. The quantitative estimate of drug-likeness (QED) is 0.468. The molecule has 0 spiro atoms. The lowest BCUT2D eigenvalue weighted by atomic mass is 10.2. The minimum absolute atomic E-state index is 0.188. The van der Waals surface area contributed by atoms with Crippen LogP contribution >= 0.6 is 0 Å². The Morgan fingerprint density at radius 3 is 2.84 bits per heavy atom. The molecule has 2 aromatic carbocycles. The number of hydrogen-bond acceptors (Lipinski definition) is 7. The first-order valence-corrected chi connectivity index (χ1v) is 10.4. The second-order valence-corrected chi connectivity index (χ2v) is 7.40. The fourth-order valence-corrected chi connectivity index (χ4v) is 3.69. The number of rotatable bonds is 7. The number of aromatic nitrogens is 4. The minimum Gasteiger partial charge on any atom is -0.497 e. The highest BCUT2D eigenvalue weighted by atomic mass is 16.5. The summed E-state index contributed by atoms with van der Waals surface area (Å²) >= 11 is 0. The minimum atomic E-state index is 0.188. The zero-order valence-electron chi connectivity index (χ0n) is 17.3. The molecule has 0 radical (unpaired) electrons. The molecule has 2 aromatic heterocycles. The SMILES string of the molecule is COc1cccc(Nc2nc(NCC3CCCO3)nc3c2cnn3-c2ccccc2)c1. The molecular weight excluding hydrogens is 392 g/mol. The molecule has 8 heteroatoms. The van der Waals surface area contributed by atoms with Crippen LogP contribution in [0.25, 0.3) is 16.7 Å². The highest BCUT2D eigenvalue weighted by molar-refractivity contribution is 5.90. The molecule has 1 unspecified atom stereocenters. The molecule has 158 valence electrons. The maximum Gasteiger partial charge on any atom is 0.226 e. The van der Waals surface area contributed by atoms with E-state index in [1.807, 2.05) is 59.3 Å². The van der Waals surface area contributed by atoms with Gasteiger partial charge < -0.3 is 20.1 Å². The van der Waals surface area contributed by atoms with Crippen LogP contribution in [0.4, 0.5) is 17.5 Å². The van der Waals surface area contributed by atoms with Crippen molar-refractivity contribution in [2.24, 2.45) is 0 Å². The maximum absolute atomic E-state index is 5.73. The van der Waals surface area contributed by atoms with Crippen molar-refractivity contribution in [3.63, 3.8) is 0 Å². The van der Waals surface area contributed by atoms with E-state index in [4.69, 9.17) is 19.4 Å². The van der Waals surface area contributed by atoms with Gasteiger partial charge in [-0.25, -0.2) is 4.68 Å². The number of anilines is 3. The van der Waals surface area contributed by atoms with E-state index in [1.165, 1.54) is 0 Å². The van der Waals surface area contributed by atoms with E-state index < -0.39 is 0 Å². The molecule has 0 aliphatic carbocycles. The van der Waals surface area contributed by atoms with E-state index in [-0.39, 0.29) is 6.10 Å². The smallest absolute Gasteiger partial charge is 0.226 e. The summed E-state index contributed by atoms with van der Waals surface area (Å²) < 4.78 is 12.9. The summed E-state index contributed by atoms with van der Waals surface area (Å²) in [6, 6.07) is 17.7. The van der Waals surface area contributed by atoms with E-state index in [0.717, 1.165) is 47.6 Å². The van der Waals surface area contributed by atoms with Gasteiger partial charge in [0.2, 0.25) is 5.95 Å². The standard InChI is InChI=1S/C23H24N6O2/c1-30-18-10-5-7-16(13-18)26-21-20-15-25-29(17-8-3-2-4-9-17)22(20)28-23(27-21)24-14-19-11-6-12-31-19/h2-5,7-10,13,15,19H,6,11-12,14H2,1H3,(H2,24,26,27,28). The molecule has 0 bridgehead atoms. The Balaban J connectivity index is 1.54. The van der Waals surface area contributed by atoms with Crippen molar-refractivity contribution >= 4 is 28.5 Å². The fraction of sp³-hybridized carbons (Fsp3) is 0.261. The number of ether oxygens (including phenoxy) is 2. The van der Waals surface area contributed by atoms with Crippen LogP contribution < -0.4 is 15.4 Å². The molecule has 3 heterocycles. The molecule has 0 saturated carbocycles. The van der Waals surface area contributed by atoms with Gasteiger partial charge in [0, 0.05) is 24.9 Å². The Morgan fingerprint density at radius 2 is 2.03 bits per heavy atom. The molecule has 1 atom stereocenters. The lowest BCUT2D eigenvalue weighted by Crippen LogP contribution is -2.20. The molecule has 1 fully saturated rings. The number of hydrogen-bond donors (Lipinski definition) is 2. The molecular formula is C23H24N6O2. The van der Waals surface area contributed by atoms with Crippen LogP contribution in [0, 0.1) is 0 Å². The second-order valence-electron chi connectivity index (χ2n) is 7.40. The highest BCUT2D eigenvalue weighted by Gasteiger charge is 2.18. The van der Waals surface area contributed by atoms with E-state index in [1.54, 1.807) is 13.3 Å². The van der Waals surface area contributed by atoms with E-state index in [2.05, 4.69) is 15.7 Å². The Labute approximate surface area is 180 Å². The summed E-state index contributed by atoms with van der Waals surface area (Å²) in [6.45, 7) is 1.49. The number of methoxy groups -OCH3 is 1. The van der Waals surface area contributed by atoms with Crippen LogP contribution in [0.3, 0.4) is 0 Å². The summed E-state index contributed by atoms with van der Waals surface area (Å²) in [5.41, 5.74) is 2.53. The first kappa shape index (κ1) is 19.3. The first-order valence-electron chi connectivity index (χ1n) is 10.4. The van der Waals surface area contributed by atoms with Gasteiger partial charge in [-0.05, 0) is 37.1 Å². The molecule has 1 aliphatic heterocycles. The zero-order valence-corrected chi connectivity index (χ0v) is 17.3. The van der Waals surface area contributed by atoms with Gasteiger partial charge in [-0.2, -0.15) is 15.1 Å². The van der Waals surface area contributed by atoms with Gasteiger partial charge in [0.05, 0.1) is 30.5 Å². The van der Waals surface area contributed by atoms with Crippen molar-refractivity contribution < 1.29 is 9.47 Å². The summed E-state index contributed by atoms with van der Waals surface area (Å²) in [4.78, 5) is 9.50. The van der Waals surface area contributed by atoms with Gasteiger partial charge in [0.15, 0.2) is 5.65 Å². The number of nitrogens with zero attached hydrogens (tertiary/aromatic N) is 4. The average molecular weight is 416 g/mol. The predicted molar refractivity (Wildman–Crippen MR) is 120 cm³/mol. The van der Waals surface area contributed by atoms with Gasteiger partial charge in [0.25, 0.3) is 0 Å². The van der Waals surface area contributed by atoms with E-state index >= 15 is 0 Å². The molecule has 1 aliphatic rings. The van der Waals surface area contributed by atoms with Crippen LogP contribution in [0.5, 0.6) is 5.75 Å². The molecule has 1 saturated heterocycles. The Hall–Kier alpha value is -3.65. The lowest BCUT2D eigenvalue weighted by molar-refractivity contribution is 0.120. The number of benzene rings is 2. The van der Waals surface area contributed by atoms with Crippen LogP contribution in [0.2, 0.25) is 0 Å². The largest absolute Gasteiger partial charge is 0.497 e. The van der Waals surface area contributed by atoms with Crippen molar-refractivity contribution in [2.75, 3.05) is 30.9 Å². The molecule has 8 nitrogen and oxygen atoms in total. The Kier molecular flexibility index (Phi) is 5.37. The summed E-state index contributed by atoms with van der Waals surface area (Å²) in [5, 5.41) is 12.1. The number of nitrogens with one attached hydrogen (secondary N) is 2. The third-order valence-corrected chi connectivity index (χ3v) is 5.27. The average Bonchev–Trinajstić information content (AvgIpc) is 3.48. The number of para-hydroxylation sites is 1. The topological polar surface area (TPSA) is 86.1 Å². The van der Waals surface area contributed by atoms with Gasteiger partial charge in [0.1, 0.15) is 11.6 Å². The van der Waals surface area contributed by atoms with Crippen molar-refractivity contribution in [3.05, 3.63) is 60.8 Å². The molecule has 4 aromatic rings.